The van der Waals surface area contributed by atoms with Crippen LogP contribution in [0.2, 0.25) is 5.02 Å². The number of ether oxygens (including phenoxy) is 2. The molecule has 1 fully saturated rings. The van der Waals surface area contributed by atoms with Crippen molar-refractivity contribution in [3.05, 3.63) is 28.8 Å². The fourth-order valence-electron chi connectivity index (χ4n) is 1.69. The lowest BCUT2D eigenvalue weighted by Gasteiger charge is -2.10. The topological polar surface area (TPSA) is 61.6 Å². The van der Waals surface area contributed by atoms with E-state index < -0.39 is 5.97 Å². The van der Waals surface area contributed by atoms with Crippen LogP contribution in [0.3, 0.4) is 0 Å². The Balaban J connectivity index is 1.96. The van der Waals surface area contributed by atoms with Crippen molar-refractivity contribution in [1.29, 1.82) is 0 Å². The summed E-state index contributed by atoms with van der Waals surface area (Å²) < 4.78 is 10.4. The molecule has 0 spiro atoms. The Bertz CT molecular complexity index is 416. The van der Waals surface area contributed by atoms with Gasteiger partial charge in [0.1, 0.15) is 0 Å². The monoisotopic (exact) mass is 255 g/mol. The molecule has 1 aliphatic heterocycles. The first kappa shape index (κ1) is 12.2. The van der Waals surface area contributed by atoms with Crippen LogP contribution in [-0.4, -0.2) is 25.8 Å². The van der Waals surface area contributed by atoms with Gasteiger partial charge >= 0.3 is 5.97 Å². The van der Waals surface area contributed by atoms with Gasteiger partial charge in [-0.05, 0) is 24.6 Å². The summed E-state index contributed by atoms with van der Waals surface area (Å²) in [4.78, 5) is 11.8. The summed E-state index contributed by atoms with van der Waals surface area (Å²) in [6.45, 7) is 1.75. The third kappa shape index (κ3) is 3.11. The van der Waals surface area contributed by atoms with Crippen LogP contribution < -0.4 is 5.73 Å². The second-order valence-electron chi connectivity index (χ2n) is 4.06. The van der Waals surface area contributed by atoms with E-state index in [0.717, 1.165) is 13.0 Å². The molecule has 0 amide bonds. The maximum Gasteiger partial charge on any atom is 0.340 e. The largest absolute Gasteiger partial charge is 0.462 e. The summed E-state index contributed by atoms with van der Waals surface area (Å²) in [5, 5.41) is 0.468. The second-order valence-corrected chi connectivity index (χ2v) is 4.50. The third-order valence-electron chi connectivity index (χ3n) is 2.71. The van der Waals surface area contributed by atoms with Gasteiger partial charge in [0.15, 0.2) is 0 Å². The SMILES string of the molecule is Nc1ccc(Cl)cc1C(=O)OCC1CCOC1. The summed E-state index contributed by atoms with van der Waals surface area (Å²) in [5.41, 5.74) is 6.38. The number of benzene rings is 1. The van der Waals surface area contributed by atoms with Crippen molar-refractivity contribution in [1.82, 2.24) is 0 Å². The molecule has 5 heteroatoms. The number of hydrogen-bond acceptors (Lipinski definition) is 4. The molecule has 1 unspecified atom stereocenters. The van der Waals surface area contributed by atoms with Crippen LogP contribution in [0.25, 0.3) is 0 Å². The van der Waals surface area contributed by atoms with Crippen molar-refractivity contribution in [2.45, 2.75) is 6.42 Å². The Labute approximate surface area is 105 Å². The summed E-state index contributed by atoms with van der Waals surface area (Å²) in [6.07, 6.45) is 0.929. The Hall–Kier alpha value is -1.26. The first-order valence-corrected chi connectivity index (χ1v) is 5.84. The standard InChI is InChI=1S/C12H14ClNO3/c13-9-1-2-11(14)10(5-9)12(15)17-7-8-3-4-16-6-8/h1-2,5,8H,3-4,6-7,14H2. The molecule has 0 bridgehead atoms. The highest BCUT2D eigenvalue weighted by molar-refractivity contribution is 6.31. The lowest BCUT2D eigenvalue weighted by atomic mass is 10.1. The van der Waals surface area contributed by atoms with E-state index in [1.807, 2.05) is 0 Å². The zero-order valence-electron chi connectivity index (χ0n) is 9.32. The van der Waals surface area contributed by atoms with Gasteiger partial charge in [0.25, 0.3) is 0 Å². The quantitative estimate of drug-likeness (QED) is 0.664. The lowest BCUT2D eigenvalue weighted by Crippen LogP contribution is -2.15. The van der Waals surface area contributed by atoms with Crippen molar-refractivity contribution in [3.63, 3.8) is 0 Å². The van der Waals surface area contributed by atoms with E-state index in [-0.39, 0.29) is 0 Å². The van der Waals surface area contributed by atoms with E-state index >= 15 is 0 Å². The molecule has 1 heterocycles. The van der Waals surface area contributed by atoms with Gasteiger partial charge in [0.05, 0.1) is 18.8 Å². The number of rotatable bonds is 3. The van der Waals surface area contributed by atoms with Gasteiger partial charge < -0.3 is 15.2 Å². The first-order chi connectivity index (χ1) is 8.16. The van der Waals surface area contributed by atoms with Crippen LogP contribution in [0.1, 0.15) is 16.8 Å². The number of carbonyl (C=O) groups excluding carboxylic acids is 1. The molecular formula is C12H14ClNO3. The number of halogens is 1. The highest BCUT2D eigenvalue weighted by Gasteiger charge is 2.19. The predicted octanol–water partition coefficient (Wildman–Crippen LogP) is 2.12. The summed E-state index contributed by atoms with van der Waals surface area (Å²) >= 11 is 5.80. The molecule has 1 aromatic carbocycles. The lowest BCUT2D eigenvalue weighted by molar-refractivity contribution is 0.0429. The molecular weight excluding hydrogens is 242 g/mol. The average molecular weight is 256 g/mol. The van der Waals surface area contributed by atoms with Crippen molar-refractivity contribution in [2.24, 2.45) is 5.92 Å². The van der Waals surface area contributed by atoms with E-state index in [1.54, 1.807) is 12.1 Å². The minimum absolute atomic E-state index is 0.291. The molecule has 92 valence electrons. The average Bonchev–Trinajstić information content (AvgIpc) is 2.82. The molecule has 1 aromatic rings. The molecule has 0 aliphatic carbocycles. The van der Waals surface area contributed by atoms with Crippen molar-refractivity contribution in [3.8, 4) is 0 Å². The van der Waals surface area contributed by atoms with E-state index in [0.29, 0.717) is 35.4 Å². The molecule has 0 radical (unpaired) electrons. The van der Waals surface area contributed by atoms with Crippen molar-refractivity contribution >= 4 is 23.3 Å². The van der Waals surface area contributed by atoms with Gasteiger partial charge in [0, 0.05) is 23.2 Å². The van der Waals surface area contributed by atoms with Gasteiger partial charge in [-0.3, -0.25) is 0 Å². The van der Waals surface area contributed by atoms with Crippen molar-refractivity contribution in [2.75, 3.05) is 25.6 Å². The molecule has 0 saturated carbocycles. The van der Waals surface area contributed by atoms with E-state index in [4.69, 9.17) is 26.8 Å². The molecule has 4 nitrogen and oxygen atoms in total. The highest BCUT2D eigenvalue weighted by Crippen LogP contribution is 2.20. The normalized spacial score (nSPS) is 19.2. The van der Waals surface area contributed by atoms with Crippen LogP contribution in [0.15, 0.2) is 18.2 Å². The van der Waals surface area contributed by atoms with Gasteiger partial charge in [-0.2, -0.15) is 0 Å². The van der Waals surface area contributed by atoms with Crippen LogP contribution in [0.4, 0.5) is 5.69 Å². The fourth-order valence-corrected chi connectivity index (χ4v) is 1.86. The smallest absolute Gasteiger partial charge is 0.340 e. The molecule has 1 atom stereocenters. The summed E-state index contributed by atoms with van der Waals surface area (Å²) in [5.74, 6) is -0.142. The second kappa shape index (κ2) is 5.38. The number of carbonyl (C=O) groups is 1. The number of esters is 1. The number of hydrogen-bond donors (Lipinski definition) is 1. The van der Waals surface area contributed by atoms with Crippen LogP contribution in [0.5, 0.6) is 0 Å². The zero-order chi connectivity index (χ0) is 12.3. The predicted molar refractivity (Wildman–Crippen MR) is 65.1 cm³/mol. The maximum atomic E-state index is 11.8. The molecule has 1 aliphatic rings. The zero-order valence-corrected chi connectivity index (χ0v) is 10.1. The van der Waals surface area contributed by atoms with E-state index in [1.165, 1.54) is 6.07 Å². The molecule has 1 saturated heterocycles. The van der Waals surface area contributed by atoms with E-state index in [2.05, 4.69) is 0 Å². The van der Waals surface area contributed by atoms with Crippen molar-refractivity contribution < 1.29 is 14.3 Å². The van der Waals surface area contributed by atoms with Gasteiger partial charge in [0.2, 0.25) is 0 Å². The van der Waals surface area contributed by atoms with Gasteiger partial charge in [-0.25, -0.2) is 4.79 Å². The number of nitrogen functional groups attached to an aromatic ring is 1. The Morgan fingerprint density at radius 2 is 2.41 bits per heavy atom. The summed E-state index contributed by atoms with van der Waals surface area (Å²) in [6, 6.07) is 4.75. The first-order valence-electron chi connectivity index (χ1n) is 5.46. The Kier molecular flexibility index (Phi) is 3.86. The van der Waals surface area contributed by atoms with Crippen LogP contribution in [-0.2, 0) is 9.47 Å². The van der Waals surface area contributed by atoms with Crippen LogP contribution in [0, 0.1) is 5.92 Å². The molecule has 2 rings (SSSR count). The van der Waals surface area contributed by atoms with Gasteiger partial charge in [-0.15, -0.1) is 0 Å². The Morgan fingerprint density at radius 3 is 3.12 bits per heavy atom. The number of anilines is 1. The number of nitrogens with two attached hydrogens (primary N) is 1. The fraction of sp³-hybridized carbons (Fsp3) is 0.417. The molecule has 17 heavy (non-hydrogen) atoms. The van der Waals surface area contributed by atoms with Crippen LogP contribution >= 0.6 is 11.6 Å². The highest BCUT2D eigenvalue weighted by atomic mass is 35.5. The van der Waals surface area contributed by atoms with Gasteiger partial charge in [-0.1, -0.05) is 11.6 Å². The molecule has 0 aromatic heterocycles. The summed E-state index contributed by atoms with van der Waals surface area (Å²) in [7, 11) is 0. The minimum atomic E-state index is -0.433. The third-order valence-corrected chi connectivity index (χ3v) is 2.94. The molecule has 2 N–H and O–H groups in total. The Morgan fingerprint density at radius 1 is 1.59 bits per heavy atom. The maximum absolute atomic E-state index is 11.8. The van der Waals surface area contributed by atoms with E-state index in [9.17, 15) is 4.79 Å². The minimum Gasteiger partial charge on any atom is -0.462 e.